The number of hydrogen-bond donors (Lipinski definition) is 0. The number of carbonyl (C=O) groups is 1. The molecule has 0 aliphatic carbocycles. The normalized spacial score (nSPS) is 13.2. The highest BCUT2D eigenvalue weighted by atomic mass is 79.9. The van der Waals surface area contributed by atoms with Crippen molar-refractivity contribution in [2.75, 3.05) is 6.79 Å². The van der Waals surface area contributed by atoms with E-state index in [2.05, 4.69) is 20.9 Å². The van der Waals surface area contributed by atoms with E-state index in [1.807, 2.05) is 0 Å². The molecule has 3 rings (SSSR count). The maximum atomic E-state index is 13.6. The van der Waals surface area contributed by atoms with Gasteiger partial charge < -0.3 is 14.2 Å². The summed E-state index contributed by atoms with van der Waals surface area (Å²) in [5, 5.41) is 0. The lowest BCUT2D eigenvalue weighted by Gasteiger charge is -2.20. The minimum absolute atomic E-state index is 0.0918. The monoisotopic (exact) mass is 367 g/mol. The standard InChI is InChI=1S/C15H11BrFNO4/c16-12-1-9(4-18-5-12)15(19)21-7-11-3-13(17)2-10-6-20-8-22-14(10)11/h1-5H,6-8H2. The largest absolute Gasteiger partial charge is 0.467 e. The van der Waals surface area contributed by atoms with Crippen LogP contribution in [-0.4, -0.2) is 17.7 Å². The Labute approximate surface area is 134 Å². The Morgan fingerprint density at radius 3 is 3.05 bits per heavy atom. The average molecular weight is 368 g/mol. The maximum absolute atomic E-state index is 13.6. The van der Waals surface area contributed by atoms with E-state index in [-0.39, 0.29) is 20.0 Å². The van der Waals surface area contributed by atoms with Crippen LogP contribution in [0.25, 0.3) is 0 Å². The van der Waals surface area contributed by atoms with Crippen LogP contribution in [0.4, 0.5) is 4.39 Å². The number of halogens is 2. The first-order valence-corrected chi connectivity index (χ1v) is 7.22. The van der Waals surface area contributed by atoms with Crippen LogP contribution in [0.15, 0.2) is 35.1 Å². The van der Waals surface area contributed by atoms with Gasteiger partial charge in [0, 0.05) is 28.0 Å². The summed E-state index contributed by atoms with van der Waals surface area (Å²) < 4.78 is 29.9. The summed E-state index contributed by atoms with van der Waals surface area (Å²) in [7, 11) is 0. The van der Waals surface area contributed by atoms with E-state index in [0.717, 1.165) is 0 Å². The van der Waals surface area contributed by atoms with Gasteiger partial charge in [0.1, 0.15) is 18.2 Å². The zero-order valence-electron chi connectivity index (χ0n) is 11.3. The summed E-state index contributed by atoms with van der Waals surface area (Å²) in [5.41, 5.74) is 1.37. The summed E-state index contributed by atoms with van der Waals surface area (Å²) >= 11 is 3.23. The first-order valence-electron chi connectivity index (χ1n) is 6.43. The number of fused-ring (bicyclic) bond motifs is 1. The molecular weight excluding hydrogens is 357 g/mol. The lowest BCUT2D eigenvalue weighted by Crippen LogP contribution is -2.15. The number of rotatable bonds is 3. The fourth-order valence-corrected chi connectivity index (χ4v) is 2.48. The third-order valence-electron chi connectivity index (χ3n) is 3.05. The first-order chi connectivity index (χ1) is 10.6. The van der Waals surface area contributed by atoms with Gasteiger partial charge in [-0.1, -0.05) is 0 Å². The van der Waals surface area contributed by atoms with E-state index in [9.17, 15) is 9.18 Å². The third-order valence-corrected chi connectivity index (χ3v) is 3.48. The van der Waals surface area contributed by atoms with Gasteiger partial charge in [-0.2, -0.15) is 0 Å². The second-order valence-corrected chi connectivity index (χ2v) is 5.55. The molecule has 7 heteroatoms. The van der Waals surface area contributed by atoms with E-state index >= 15 is 0 Å². The molecule has 2 heterocycles. The quantitative estimate of drug-likeness (QED) is 0.779. The summed E-state index contributed by atoms with van der Waals surface area (Å²) in [6.45, 7) is 0.268. The summed E-state index contributed by atoms with van der Waals surface area (Å²) in [5.74, 6) is -0.463. The zero-order chi connectivity index (χ0) is 15.5. The number of pyridine rings is 1. The van der Waals surface area contributed by atoms with Gasteiger partial charge in [0.25, 0.3) is 0 Å². The van der Waals surface area contributed by atoms with Gasteiger partial charge in [-0.05, 0) is 34.1 Å². The molecule has 0 N–H and O–H groups in total. The summed E-state index contributed by atoms with van der Waals surface area (Å²) in [4.78, 5) is 15.9. The van der Waals surface area contributed by atoms with Crippen LogP contribution in [0.3, 0.4) is 0 Å². The van der Waals surface area contributed by atoms with Crippen molar-refractivity contribution >= 4 is 21.9 Å². The topological polar surface area (TPSA) is 57.7 Å². The highest BCUT2D eigenvalue weighted by Crippen LogP contribution is 2.30. The van der Waals surface area contributed by atoms with Crippen molar-refractivity contribution in [3.05, 3.63) is 57.6 Å². The van der Waals surface area contributed by atoms with Crippen molar-refractivity contribution in [3.63, 3.8) is 0 Å². The Kier molecular flexibility index (Phi) is 4.35. The molecule has 1 aromatic heterocycles. The molecule has 1 aliphatic heterocycles. The number of nitrogens with zero attached hydrogens (tertiary/aromatic N) is 1. The van der Waals surface area contributed by atoms with Gasteiger partial charge in [0.2, 0.25) is 0 Å². The third kappa shape index (κ3) is 3.26. The van der Waals surface area contributed by atoms with E-state index in [1.165, 1.54) is 18.3 Å². The molecular formula is C15H11BrFNO4. The van der Waals surface area contributed by atoms with Crippen LogP contribution in [0.1, 0.15) is 21.5 Å². The Balaban J connectivity index is 1.76. The Hall–Kier alpha value is -1.99. The van der Waals surface area contributed by atoms with Gasteiger partial charge in [-0.15, -0.1) is 0 Å². The fourth-order valence-electron chi connectivity index (χ4n) is 2.11. The van der Waals surface area contributed by atoms with E-state index in [4.69, 9.17) is 14.2 Å². The molecule has 0 amide bonds. The molecule has 0 fully saturated rings. The molecule has 22 heavy (non-hydrogen) atoms. The molecule has 0 bridgehead atoms. The zero-order valence-corrected chi connectivity index (χ0v) is 12.9. The van der Waals surface area contributed by atoms with E-state index in [0.29, 0.717) is 26.9 Å². The lowest BCUT2D eigenvalue weighted by molar-refractivity contribution is -0.0182. The highest BCUT2D eigenvalue weighted by Gasteiger charge is 2.18. The number of esters is 1. The molecule has 114 valence electrons. The van der Waals surface area contributed by atoms with Gasteiger partial charge in [-0.25, -0.2) is 9.18 Å². The Bertz CT molecular complexity index is 723. The smallest absolute Gasteiger partial charge is 0.340 e. The number of aromatic nitrogens is 1. The van der Waals surface area contributed by atoms with Gasteiger partial charge >= 0.3 is 5.97 Å². The van der Waals surface area contributed by atoms with Crippen LogP contribution >= 0.6 is 15.9 Å². The maximum Gasteiger partial charge on any atom is 0.340 e. The number of ether oxygens (including phenoxy) is 3. The van der Waals surface area contributed by atoms with Gasteiger partial charge in [0.05, 0.1) is 12.2 Å². The predicted octanol–water partition coefficient (Wildman–Crippen LogP) is 3.21. The van der Waals surface area contributed by atoms with E-state index in [1.54, 1.807) is 12.3 Å². The van der Waals surface area contributed by atoms with Crippen molar-refractivity contribution in [1.29, 1.82) is 0 Å². The second-order valence-electron chi connectivity index (χ2n) is 4.63. The molecule has 5 nitrogen and oxygen atoms in total. The summed E-state index contributed by atoms with van der Waals surface area (Å²) in [6, 6.07) is 4.23. The number of benzene rings is 1. The Morgan fingerprint density at radius 2 is 2.23 bits per heavy atom. The second kappa shape index (κ2) is 6.41. The minimum Gasteiger partial charge on any atom is -0.467 e. The number of carbonyl (C=O) groups excluding carboxylic acids is 1. The van der Waals surface area contributed by atoms with Gasteiger partial charge in [0.15, 0.2) is 6.79 Å². The van der Waals surface area contributed by atoms with Crippen LogP contribution in [0, 0.1) is 5.82 Å². The van der Waals surface area contributed by atoms with Crippen molar-refractivity contribution in [2.24, 2.45) is 0 Å². The molecule has 0 radical (unpaired) electrons. The van der Waals surface area contributed by atoms with Crippen LogP contribution < -0.4 is 4.74 Å². The average Bonchev–Trinajstić information content (AvgIpc) is 2.52. The Morgan fingerprint density at radius 1 is 1.36 bits per heavy atom. The predicted molar refractivity (Wildman–Crippen MR) is 77.7 cm³/mol. The summed E-state index contributed by atoms with van der Waals surface area (Å²) in [6.07, 6.45) is 2.96. The molecule has 2 aromatic rings. The molecule has 1 aliphatic rings. The fraction of sp³-hybridized carbons (Fsp3) is 0.200. The molecule has 0 atom stereocenters. The van der Waals surface area contributed by atoms with Crippen molar-refractivity contribution < 1.29 is 23.4 Å². The van der Waals surface area contributed by atoms with Gasteiger partial charge in [-0.3, -0.25) is 4.98 Å². The van der Waals surface area contributed by atoms with E-state index < -0.39 is 11.8 Å². The molecule has 0 unspecified atom stereocenters. The SMILES string of the molecule is O=C(OCc1cc(F)cc2c1OCOC2)c1cncc(Br)c1. The van der Waals surface area contributed by atoms with Crippen LogP contribution in [-0.2, 0) is 22.7 Å². The highest BCUT2D eigenvalue weighted by molar-refractivity contribution is 9.10. The van der Waals surface area contributed by atoms with Crippen molar-refractivity contribution in [1.82, 2.24) is 4.98 Å². The van der Waals surface area contributed by atoms with Crippen LogP contribution in [0.2, 0.25) is 0 Å². The number of hydrogen-bond acceptors (Lipinski definition) is 5. The minimum atomic E-state index is -0.543. The molecule has 0 saturated carbocycles. The molecule has 0 spiro atoms. The molecule has 0 saturated heterocycles. The van der Waals surface area contributed by atoms with Crippen molar-refractivity contribution in [3.8, 4) is 5.75 Å². The lowest BCUT2D eigenvalue weighted by atomic mass is 10.1. The van der Waals surface area contributed by atoms with Crippen LogP contribution in [0.5, 0.6) is 5.75 Å². The van der Waals surface area contributed by atoms with Crippen molar-refractivity contribution in [2.45, 2.75) is 13.2 Å². The first kappa shape index (κ1) is 14.9. The molecule has 1 aromatic carbocycles.